The Morgan fingerprint density at radius 1 is 1.55 bits per heavy atom. The minimum absolute atomic E-state index is 0.131. The Bertz CT molecular complexity index is 134. The second-order valence-corrected chi connectivity index (χ2v) is 3.95. The normalized spacial score (nSPS) is 38.5. The maximum Gasteiger partial charge on any atom is 0.0620 e. The number of aliphatic hydroxyl groups is 2. The van der Waals surface area contributed by atoms with Crippen molar-refractivity contribution in [3.63, 3.8) is 0 Å². The summed E-state index contributed by atoms with van der Waals surface area (Å²) in [5, 5.41) is 18.8. The third-order valence-corrected chi connectivity index (χ3v) is 3.23. The Labute approximate surface area is 68.2 Å². The van der Waals surface area contributed by atoms with Crippen LogP contribution in [0.3, 0.4) is 0 Å². The van der Waals surface area contributed by atoms with Crippen LogP contribution in [0.4, 0.5) is 0 Å². The van der Waals surface area contributed by atoms with E-state index in [1.165, 1.54) is 0 Å². The van der Waals surface area contributed by atoms with E-state index in [-0.39, 0.29) is 18.1 Å². The molecule has 2 nitrogen and oxygen atoms in total. The van der Waals surface area contributed by atoms with Crippen molar-refractivity contribution in [2.24, 2.45) is 11.3 Å². The molecule has 0 amide bonds. The van der Waals surface area contributed by atoms with Gasteiger partial charge in [-0.05, 0) is 18.8 Å². The van der Waals surface area contributed by atoms with Gasteiger partial charge in [0.15, 0.2) is 0 Å². The average Bonchev–Trinajstić information content (AvgIpc) is 2.32. The molecule has 1 rings (SSSR count). The van der Waals surface area contributed by atoms with Gasteiger partial charge in [-0.25, -0.2) is 0 Å². The van der Waals surface area contributed by atoms with Crippen LogP contribution in [0.2, 0.25) is 0 Å². The van der Waals surface area contributed by atoms with Crippen LogP contribution < -0.4 is 0 Å². The lowest BCUT2D eigenvalue weighted by Gasteiger charge is -2.34. The van der Waals surface area contributed by atoms with Crippen LogP contribution in [0, 0.1) is 11.3 Å². The molecule has 1 aliphatic carbocycles. The summed E-state index contributed by atoms with van der Waals surface area (Å²) in [6, 6.07) is 0. The van der Waals surface area contributed by atoms with Crippen LogP contribution in [-0.2, 0) is 0 Å². The van der Waals surface area contributed by atoms with Gasteiger partial charge in [-0.3, -0.25) is 0 Å². The van der Waals surface area contributed by atoms with E-state index in [4.69, 9.17) is 0 Å². The Morgan fingerprint density at radius 3 is 2.36 bits per heavy atom. The first kappa shape index (κ1) is 9.01. The van der Waals surface area contributed by atoms with Crippen molar-refractivity contribution in [1.82, 2.24) is 0 Å². The number of rotatable bonds is 2. The third-order valence-electron chi connectivity index (χ3n) is 3.23. The molecule has 0 heterocycles. The van der Waals surface area contributed by atoms with Crippen molar-refractivity contribution < 1.29 is 10.2 Å². The lowest BCUT2D eigenvalue weighted by molar-refractivity contribution is -0.0262. The fourth-order valence-electron chi connectivity index (χ4n) is 2.12. The molecule has 0 unspecified atom stereocenters. The molecule has 0 aromatic rings. The van der Waals surface area contributed by atoms with Crippen molar-refractivity contribution in [3.8, 4) is 0 Å². The lowest BCUT2D eigenvalue weighted by Crippen LogP contribution is -2.38. The first-order valence-electron chi connectivity index (χ1n) is 4.42. The first-order valence-corrected chi connectivity index (χ1v) is 4.42. The quantitative estimate of drug-likeness (QED) is 0.633. The maximum atomic E-state index is 9.65. The van der Waals surface area contributed by atoms with Crippen LogP contribution in [-0.4, -0.2) is 22.9 Å². The van der Waals surface area contributed by atoms with E-state index in [1.807, 2.05) is 0 Å². The molecule has 0 bridgehead atoms. The van der Waals surface area contributed by atoms with Crippen LogP contribution in [0.1, 0.15) is 33.1 Å². The number of hydrogen-bond acceptors (Lipinski definition) is 2. The van der Waals surface area contributed by atoms with Gasteiger partial charge >= 0.3 is 0 Å². The Morgan fingerprint density at radius 2 is 2.18 bits per heavy atom. The van der Waals surface area contributed by atoms with Gasteiger partial charge in [0.1, 0.15) is 0 Å². The Kier molecular flexibility index (Phi) is 2.55. The molecule has 0 radical (unpaired) electrons. The zero-order chi connectivity index (χ0) is 8.48. The molecule has 1 fully saturated rings. The average molecular weight is 158 g/mol. The van der Waals surface area contributed by atoms with Crippen molar-refractivity contribution in [3.05, 3.63) is 0 Å². The molecule has 0 aliphatic heterocycles. The van der Waals surface area contributed by atoms with Crippen LogP contribution >= 0.6 is 0 Å². The van der Waals surface area contributed by atoms with Crippen molar-refractivity contribution in [2.75, 3.05) is 6.61 Å². The zero-order valence-electron chi connectivity index (χ0n) is 7.38. The Hall–Kier alpha value is -0.0800. The predicted octanol–water partition coefficient (Wildman–Crippen LogP) is 1.17. The third kappa shape index (κ3) is 1.30. The molecule has 0 aromatic heterocycles. The monoisotopic (exact) mass is 158 g/mol. The van der Waals surface area contributed by atoms with Gasteiger partial charge in [0, 0.05) is 5.41 Å². The smallest absolute Gasteiger partial charge is 0.0620 e. The minimum atomic E-state index is -0.285. The fraction of sp³-hybridized carbons (Fsp3) is 1.00. The summed E-state index contributed by atoms with van der Waals surface area (Å²) >= 11 is 0. The number of hydrogen-bond donors (Lipinski definition) is 2. The van der Waals surface area contributed by atoms with E-state index in [0.29, 0.717) is 5.92 Å². The summed E-state index contributed by atoms with van der Waals surface area (Å²) in [5.74, 6) is 0.380. The predicted molar refractivity (Wildman–Crippen MR) is 44.2 cm³/mol. The molecule has 2 N–H and O–H groups in total. The molecule has 66 valence electrons. The summed E-state index contributed by atoms with van der Waals surface area (Å²) in [6.07, 6.45) is 2.61. The molecule has 0 saturated heterocycles. The molecular formula is C9H18O2. The first-order chi connectivity index (χ1) is 5.13. The Balaban J connectivity index is 2.73. The largest absolute Gasteiger partial charge is 0.396 e. The maximum absolute atomic E-state index is 9.65. The second kappa shape index (κ2) is 3.11. The van der Waals surface area contributed by atoms with Crippen LogP contribution in [0.15, 0.2) is 0 Å². The molecule has 0 aromatic carbocycles. The van der Waals surface area contributed by atoms with Crippen molar-refractivity contribution in [1.29, 1.82) is 0 Å². The van der Waals surface area contributed by atoms with E-state index >= 15 is 0 Å². The van der Waals surface area contributed by atoms with E-state index in [0.717, 1.165) is 19.3 Å². The van der Waals surface area contributed by atoms with Crippen LogP contribution in [0.5, 0.6) is 0 Å². The van der Waals surface area contributed by atoms with E-state index in [1.54, 1.807) is 0 Å². The van der Waals surface area contributed by atoms with E-state index in [2.05, 4.69) is 13.8 Å². The molecule has 11 heavy (non-hydrogen) atoms. The lowest BCUT2D eigenvalue weighted by atomic mass is 9.75. The standard InChI is InChI=1S/C9H18O2/c1-7(2)9(6-10)5-3-4-8(9)11/h7-8,10-11H,3-6H2,1-2H3/t8-,9+/m0/s1. The molecule has 1 aliphatic rings. The van der Waals surface area contributed by atoms with Gasteiger partial charge in [-0.15, -0.1) is 0 Å². The summed E-state index contributed by atoms with van der Waals surface area (Å²) in [6.45, 7) is 4.28. The van der Waals surface area contributed by atoms with Crippen LogP contribution in [0.25, 0.3) is 0 Å². The van der Waals surface area contributed by atoms with Crippen molar-refractivity contribution in [2.45, 2.75) is 39.2 Å². The summed E-state index contributed by atoms with van der Waals surface area (Å²) in [5.41, 5.74) is -0.194. The fourth-order valence-corrected chi connectivity index (χ4v) is 2.12. The molecule has 1 saturated carbocycles. The zero-order valence-corrected chi connectivity index (χ0v) is 7.38. The topological polar surface area (TPSA) is 40.5 Å². The van der Waals surface area contributed by atoms with Gasteiger partial charge in [-0.1, -0.05) is 20.3 Å². The van der Waals surface area contributed by atoms with E-state index in [9.17, 15) is 10.2 Å². The van der Waals surface area contributed by atoms with Gasteiger partial charge in [-0.2, -0.15) is 0 Å². The second-order valence-electron chi connectivity index (χ2n) is 3.95. The molecule has 2 atom stereocenters. The summed E-state index contributed by atoms with van der Waals surface area (Å²) in [4.78, 5) is 0. The van der Waals surface area contributed by atoms with Crippen molar-refractivity contribution >= 4 is 0 Å². The minimum Gasteiger partial charge on any atom is -0.396 e. The summed E-state index contributed by atoms with van der Waals surface area (Å²) in [7, 11) is 0. The molecular weight excluding hydrogens is 140 g/mol. The summed E-state index contributed by atoms with van der Waals surface area (Å²) < 4.78 is 0. The highest BCUT2D eigenvalue weighted by molar-refractivity contribution is 4.93. The SMILES string of the molecule is CC(C)[C@]1(CO)CCC[C@@H]1O. The van der Waals surface area contributed by atoms with Gasteiger partial charge in [0.2, 0.25) is 0 Å². The van der Waals surface area contributed by atoms with Gasteiger partial charge in [0.25, 0.3) is 0 Å². The highest BCUT2D eigenvalue weighted by Gasteiger charge is 2.43. The van der Waals surface area contributed by atoms with Gasteiger partial charge < -0.3 is 10.2 Å². The van der Waals surface area contributed by atoms with E-state index < -0.39 is 0 Å². The highest BCUT2D eigenvalue weighted by Crippen LogP contribution is 2.43. The molecule has 0 spiro atoms. The number of aliphatic hydroxyl groups excluding tert-OH is 2. The molecule has 2 heteroatoms. The van der Waals surface area contributed by atoms with Gasteiger partial charge in [0.05, 0.1) is 12.7 Å². The highest BCUT2D eigenvalue weighted by atomic mass is 16.3.